The Morgan fingerprint density at radius 1 is 1.08 bits per heavy atom. The number of para-hydroxylation sites is 1. The molecule has 7 heteroatoms. The van der Waals surface area contributed by atoms with Crippen LogP contribution in [0.5, 0.6) is 0 Å². The van der Waals surface area contributed by atoms with Gasteiger partial charge in [-0.2, -0.15) is 0 Å². The number of hydrogen-bond acceptors (Lipinski definition) is 4. The zero-order valence-corrected chi connectivity index (χ0v) is 15.0. The topological polar surface area (TPSA) is 82.9 Å². The van der Waals surface area contributed by atoms with E-state index < -0.39 is 5.63 Å². The van der Waals surface area contributed by atoms with Crippen LogP contribution in [-0.4, -0.2) is 54.0 Å². The van der Waals surface area contributed by atoms with Gasteiger partial charge in [-0.3, -0.25) is 4.79 Å². The highest BCUT2D eigenvalue weighted by molar-refractivity contribution is 5.96. The fourth-order valence-electron chi connectivity index (χ4n) is 3.04. The van der Waals surface area contributed by atoms with Gasteiger partial charge in [0.25, 0.3) is 5.91 Å². The molecule has 1 N–H and O–H groups in total. The van der Waals surface area contributed by atoms with E-state index in [0.29, 0.717) is 43.6 Å². The summed E-state index contributed by atoms with van der Waals surface area (Å²) >= 11 is 0. The lowest BCUT2D eigenvalue weighted by atomic mass is 10.1. The number of benzene rings is 1. The van der Waals surface area contributed by atoms with Crippen molar-refractivity contribution in [1.82, 2.24) is 15.1 Å². The largest absolute Gasteiger partial charge is 0.422 e. The van der Waals surface area contributed by atoms with Crippen LogP contribution in [0.2, 0.25) is 0 Å². The van der Waals surface area contributed by atoms with Gasteiger partial charge in [0.2, 0.25) is 0 Å². The molecule has 1 saturated heterocycles. The van der Waals surface area contributed by atoms with Crippen molar-refractivity contribution >= 4 is 22.9 Å². The minimum atomic E-state index is -0.632. The molecule has 0 aliphatic carbocycles. The summed E-state index contributed by atoms with van der Waals surface area (Å²) in [6.07, 6.45) is 0.663. The first-order valence-corrected chi connectivity index (χ1v) is 8.83. The zero-order chi connectivity index (χ0) is 18.7. The number of nitrogens with zero attached hydrogens (tertiary/aromatic N) is 2. The van der Waals surface area contributed by atoms with Crippen molar-refractivity contribution in [2.45, 2.75) is 26.3 Å². The molecule has 7 nitrogen and oxygen atoms in total. The molecule has 0 atom stereocenters. The van der Waals surface area contributed by atoms with E-state index in [2.05, 4.69) is 5.32 Å². The second-order valence-electron chi connectivity index (χ2n) is 6.72. The van der Waals surface area contributed by atoms with Crippen LogP contribution >= 0.6 is 0 Å². The van der Waals surface area contributed by atoms with Crippen molar-refractivity contribution in [3.8, 4) is 0 Å². The number of amides is 3. The Bertz CT molecular complexity index is 874. The van der Waals surface area contributed by atoms with Crippen LogP contribution in [0, 0.1) is 0 Å². The smallest absolute Gasteiger partial charge is 0.349 e. The highest BCUT2D eigenvalue weighted by atomic mass is 16.4. The molecule has 3 amide bonds. The molecule has 0 bridgehead atoms. The molecule has 3 rings (SSSR count). The SMILES string of the molecule is CC(C)NC(=O)N1CCCN(C(=O)c2cc3ccccc3oc2=O)CC1. The van der Waals surface area contributed by atoms with E-state index in [1.807, 2.05) is 19.9 Å². The van der Waals surface area contributed by atoms with E-state index in [0.717, 1.165) is 0 Å². The van der Waals surface area contributed by atoms with Gasteiger partial charge < -0.3 is 19.5 Å². The summed E-state index contributed by atoms with van der Waals surface area (Å²) in [4.78, 5) is 40.5. The average molecular weight is 357 g/mol. The molecule has 1 aliphatic rings. The predicted molar refractivity (Wildman–Crippen MR) is 98.2 cm³/mol. The Morgan fingerprint density at radius 3 is 2.54 bits per heavy atom. The summed E-state index contributed by atoms with van der Waals surface area (Å²) in [6.45, 7) is 5.71. The highest BCUT2D eigenvalue weighted by Crippen LogP contribution is 2.15. The highest BCUT2D eigenvalue weighted by Gasteiger charge is 2.25. The predicted octanol–water partition coefficient (Wildman–Crippen LogP) is 2.06. The molecule has 2 aromatic rings. The van der Waals surface area contributed by atoms with Gasteiger partial charge in [0.1, 0.15) is 11.1 Å². The Kier molecular flexibility index (Phi) is 5.25. The maximum atomic E-state index is 12.8. The lowest BCUT2D eigenvalue weighted by Gasteiger charge is -2.23. The molecule has 2 heterocycles. The van der Waals surface area contributed by atoms with Crippen molar-refractivity contribution in [2.75, 3.05) is 26.2 Å². The van der Waals surface area contributed by atoms with Crippen LogP contribution in [0.4, 0.5) is 4.79 Å². The quantitative estimate of drug-likeness (QED) is 0.834. The van der Waals surface area contributed by atoms with Gasteiger partial charge in [-0.05, 0) is 32.4 Å². The summed E-state index contributed by atoms with van der Waals surface area (Å²) in [5.74, 6) is -0.351. The minimum Gasteiger partial charge on any atom is -0.422 e. The summed E-state index contributed by atoms with van der Waals surface area (Å²) in [7, 11) is 0. The fourth-order valence-corrected chi connectivity index (χ4v) is 3.04. The first-order valence-electron chi connectivity index (χ1n) is 8.83. The van der Waals surface area contributed by atoms with Gasteiger partial charge in [0.05, 0.1) is 0 Å². The van der Waals surface area contributed by atoms with Crippen molar-refractivity contribution in [3.63, 3.8) is 0 Å². The van der Waals surface area contributed by atoms with Crippen LogP contribution in [0.1, 0.15) is 30.6 Å². The second kappa shape index (κ2) is 7.59. The van der Waals surface area contributed by atoms with Gasteiger partial charge in [-0.1, -0.05) is 18.2 Å². The Hall–Kier alpha value is -2.83. The van der Waals surface area contributed by atoms with Crippen LogP contribution in [0.15, 0.2) is 39.5 Å². The van der Waals surface area contributed by atoms with Gasteiger partial charge >= 0.3 is 11.7 Å². The van der Waals surface area contributed by atoms with Gasteiger partial charge in [-0.25, -0.2) is 9.59 Å². The van der Waals surface area contributed by atoms with Crippen LogP contribution in [0.3, 0.4) is 0 Å². The molecular weight excluding hydrogens is 334 g/mol. The number of carbonyl (C=O) groups excluding carboxylic acids is 2. The Balaban J connectivity index is 1.75. The van der Waals surface area contributed by atoms with E-state index in [9.17, 15) is 14.4 Å². The second-order valence-corrected chi connectivity index (χ2v) is 6.72. The third kappa shape index (κ3) is 3.87. The summed E-state index contributed by atoms with van der Waals surface area (Å²) in [6, 6.07) is 8.62. The number of carbonyl (C=O) groups is 2. The lowest BCUT2D eigenvalue weighted by Crippen LogP contribution is -2.45. The maximum absolute atomic E-state index is 12.8. The van der Waals surface area contributed by atoms with E-state index in [1.165, 1.54) is 0 Å². The summed E-state index contributed by atoms with van der Waals surface area (Å²) in [5, 5.41) is 3.58. The summed E-state index contributed by atoms with van der Waals surface area (Å²) < 4.78 is 5.26. The van der Waals surface area contributed by atoms with Gasteiger partial charge in [0, 0.05) is 37.6 Å². The average Bonchev–Trinajstić information content (AvgIpc) is 2.86. The lowest BCUT2D eigenvalue weighted by molar-refractivity contribution is 0.0758. The summed E-state index contributed by atoms with van der Waals surface area (Å²) in [5.41, 5.74) is -0.141. The zero-order valence-electron chi connectivity index (χ0n) is 15.0. The number of hydrogen-bond donors (Lipinski definition) is 1. The van der Waals surface area contributed by atoms with Crippen molar-refractivity contribution in [2.24, 2.45) is 0 Å². The normalized spacial score (nSPS) is 15.2. The van der Waals surface area contributed by atoms with Gasteiger partial charge in [-0.15, -0.1) is 0 Å². The number of nitrogens with one attached hydrogen (secondary N) is 1. The molecule has 0 spiro atoms. The molecule has 0 unspecified atom stereocenters. The third-order valence-electron chi connectivity index (χ3n) is 4.35. The van der Waals surface area contributed by atoms with Crippen LogP contribution in [-0.2, 0) is 0 Å². The van der Waals surface area contributed by atoms with E-state index in [4.69, 9.17) is 4.42 Å². The van der Waals surface area contributed by atoms with Crippen LogP contribution in [0.25, 0.3) is 11.0 Å². The monoisotopic (exact) mass is 357 g/mol. The third-order valence-corrected chi connectivity index (χ3v) is 4.35. The molecule has 26 heavy (non-hydrogen) atoms. The molecule has 1 aliphatic heterocycles. The number of rotatable bonds is 2. The van der Waals surface area contributed by atoms with Crippen molar-refractivity contribution in [1.29, 1.82) is 0 Å². The molecule has 138 valence electrons. The Morgan fingerprint density at radius 2 is 1.77 bits per heavy atom. The van der Waals surface area contributed by atoms with E-state index in [-0.39, 0.29) is 23.5 Å². The molecule has 1 aromatic carbocycles. The first-order chi connectivity index (χ1) is 12.5. The van der Waals surface area contributed by atoms with Crippen LogP contribution < -0.4 is 10.9 Å². The number of fused-ring (bicyclic) bond motifs is 1. The number of urea groups is 1. The van der Waals surface area contributed by atoms with E-state index >= 15 is 0 Å². The standard InChI is InChI=1S/C19H23N3O4/c1-13(2)20-19(25)22-9-5-8-21(10-11-22)17(23)15-12-14-6-3-4-7-16(14)26-18(15)24/h3-4,6-7,12-13H,5,8-11H2,1-2H3,(H,20,25). The molecule has 1 aromatic heterocycles. The molecular formula is C19H23N3O4. The molecule has 1 fully saturated rings. The maximum Gasteiger partial charge on any atom is 0.349 e. The fraction of sp³-hybridized carbons (Fsp3) is 0.421. The molecule has 0 saturated carbocycles. The van der Waals surface area contributed by atoms with Crippen molar-refractivity contribution < 1.29 is 14.0 Å². The Labute approximate surface area is 151 Å². The van der Waals surface area contributed by atoms with E-state index in [1.54, 1.807) is 34.1 Å². The molecule has 0 radical (unpaired) electrons. The van der Waals surface area contributed by atoms with Crippen molar-refractivity contribution in [3.05, 3.63) is 46.3 Å². The van der Waals surface area contributed by atoms with Gasteiger partial charge in [0.15, 0.2) is 0 Å². The minimum absolute atomic E-state index is 0.0313. The first kappa shape index (κ1) is 18.0.